The Labute approximate surface area is 74.2 Å². The lowest BCUT2D eigenvalue weighted by Crippen LogP contribution is -2.36. The van der Waals surface area contributed by atoms with E-state index in [1.807, 2.05) is 0 Å². The Balaban J connectivity index is 3.85. The fourth-order valence-corrected chi connectivity index (χ4v) is 0.468. The maximum Gasteiger partial charge on any atom is 0.251 e. The molecule has 0 aromatic heterocycles. The molecule has 0 heterocycles. The van der Waals surface area contributed by atoms with Crippen LogP contribution in [0.4, 0.5) is 0 Å². The summed E-state index contributed by atoms with van der Waals surface area (Å²) in [4.78, 5) is 13.4. The number of rotatable bonds is 3. The molecule has 68 valence electrons. The monoisotopic (exact) mass is 192 g/mol. The SMILES string of the molecule is C/C(Cl)=C/CN=C(N)N[N+](=O)[O-]. The average Bonchev–Trinajstić information content (AvgIpc) is 1.84. The number of hydrogen-bond donors (Lipinski definition) is 2. The van der Waals surface area contributed by atoms with Crippen molar-refractivity contribution in [1.82, 2.24) is 5.43 Å². The van der Waals surface area contributed by atoms with Gasteiger partial charge < -0.3 is 5.73 Å². The van der Waals surface area contributed by atoms with Gasteiger partial charge in [-0.05, 0) is 13.0 Å². The minimum atomic E-state index is -0.782. The molecule has 0 aromatic carbocycles. The van der Waals surface area contributed by atoms with Gasteiger partial charge in [-0.1, -0.05) is 17.0 Å². The van der Waals surface area contributed by atoms with E-state index in [1.54, 1.807) is 18.4 Å². The molecule has 0 amide bonds. The normalized spacial score (nSPS) is 12.8. The van der Waals surface area contributed by atoms with Gasteiger partial charge in [0, 0.05) is 5.03 Å². The zero-order chi connectivity index (χ0) is 9.56. The maximum atomic E-state index is 9.80. The number of nitrogens with zero attached hydrogens (tertiary/aromatic N) is 2. The number of aliphatic imine (C=N–C) groups is 1. The van der Waals surface area contributed by atoms with Gasteiger partial charge in [0.05, 0.1) is 6.54 Å². The van der Waals surface area contributed by atoms with Gasteiger partial charge in [-0.15, -0.1) is 0 Å². The average molecular weight is 193 g/mol. The molecular weight excluding hydrogens is 184 g/mol. The van der Waals surface area contributed by atoms with E-state index < -0.39 is 5.03 Å². The van der Waals surface area contributed by atoms with Crippen LogP contribution in [0.25, 0.3) is 0 Å². The number of halogens is 1. The fraction of sp³-hybridized carbons (Fsp3) is 0.400. The quantitative estimate of drug-likeness (QED) is 0.290. The summed E-state index contributed by atoms with van der Waals surface area (Å²) in [7, 11) is 0. The molecule has 0 spiro atoms. The molecule has 0 atom stereocenters. The van der Waals surface area contributed by atoms with E-state index in [0.29, 0.717) is 5.03 Å². The number of hydrazine groups is 1. The lowest BCUT2D eigenvalue weighted by molar-refractivity contribution is -0.525. The topological polar surface area (TPSA) is 93.5 Å². The fourth-order valence-electron chi connectivity index (χ4n) is 0.399. The summed E-state index contributed by atoms with van der Waals surface area (Å²) in [6, 6.07) is 0. The molecule has 12 heavy (non-hydrogen) atoms. The number of nitrogens with one attached hydrogen (secondary N) is 1. The third-order valence-corrected chi connectivity index (χ3v) is 0.994. The summed E-state index contributed by atoms with van der Waals surface area (Å²) in [6.07, 6.45) is 1.58. The minimum absolute atomic E-state index is 0.224. The molecule has 0 aromatic rings. The summed E-state index contributed by atoms with van der Waals surface area (Å²) in [5.74, 6) is -0.242. The van der Waals surface area contributed by atoms with E-state index in [4.69, 9.17) is 17.3 Å². The van der Waals surface area contributed by atoms with Crippen molar-refractivity contribution in [3.05, 3.63) is 21.2 Å². The molecule has 3 N–H and O–H groups in total. The standard InChI is InChI=1S/C5H9ClN4O2/c1-4(6)2-3-8-5(7)9-10(11)12/h2H,3H2,1H3,(H3,7,8,9)/b4-2-. The van der Waals surface area contributed by atoms with Gasteiger partial charge in [0.25, 0.3) is 5.96 Å². The predicted molar refractivity (Wildman–Crippen MR) is 46.2 cm³/mol. The summed E-state index contributed by atoms with van der Waals surface area (Å²) < 4.78 is 0. The van der Waals surface area contributed by atoms with Crippen molar-refractivity contribution in [2.45, 2.75) is 6.92 Å². The number of guanidine groups is 1. The highest BCUT2D eigenvalue weighted by Gasteiger charge is 1.96. The van der Waals surface area contributed by atoms with Crippen molar-refractivity contribution >= 4 is 17.6 Å². The van der Waals surface area contributed by atoms with Crippen molar-refractivity contribution in [2.24, 2.45) is 10.7 Å². The smallest absolute Gasteiger partial charge is 0.251 e. The van der Waals surface area contributed by atoms with Crippen molar-refractivity contribution in [3.8, 4) is 0 Å². The first-order valence-corrected chi connectivity index (χ1v) is 3.43. The molecule has 7 heteroatoms. The highest BCUT2D eigenvalue weighted by Crippen LogP contribution is 1.96. The third kappa shape index (κ3) is 6.81. The lowest BCUT2D eigenvalue weighted by Gasteiger charge is -1.93. The third-order valence-electron chi connectivity index (χ3n) is 0.840. The van der Waals surface area contributed by atoms with E-state index in [9.17, 15) is 10.1 Å². The number of nitrogens with two attached hydrogens (primary N) is 1. The first-order chi connectivity index (χ1) is 5.52. The van der Waals surface area contributed by atoms with E-state index in [-0.39, 0.29) is 12.5 Å². The Kier molecular flexibility index (Phi) is 4.78. The maximum absolute atomic E-state index is 9.80. The van der Waals surface area contributed by atoms with E-state index in [2.05, 4.69) is 4.99 Å². The Morgan fingerprint density at radius 1 is 1.92 bits per heavy atom. The van der Waals surface area contributed by atoms with Crippen molar-refractivity contribution < 1.29 is 5.03 Å². The molecule has 0 rings (SSSR count). The molecule has 0 bridgehead atoms. The number of nitro groups is 1. The van der Waals surface area contributed by atoms with Crippen LogP contribution in [-0.2, 0) is 0 Å². The van der Waals surface area contributed by atoms with Gasteiger partial charge in [0.2, 0.25) is 0 Å². The number of allylic oxidation sites excluding steroid dienone is 1. The second kappa shape index (κ2) is 5.36. The van der Waals surface area contributed by atoms with Crippen LogP contribution in [0.15, 0.2) is 16.1 Å². The van der Waals surface area contributed by atoms with Gasteiger partial charge in [0.1, 0.15) is 0 Å². The Morgan fingerprint density at radius 3 is 2.92 bits per heavy atom. The zero-order valence-corrected chi connectivity index (χ0v) is 7.21. The molecule has 6 nitrogen and oxygen atoms in total. The molecule has 0 aliphatic heterocycles. The Bertz CT molecular complexity index is 221. The molecule has 0 saturated carbocycles. The van der Waals surface area contributed by atoms with Crippen LogP contribution in [0.1, 0.15) is 6.92 Å². The zero-order valence-electron chi connectivity index (χ0n) is 6.45. The van der Waals surface area contributed by atoms with Crippen molar-refractivity contribution in [1.29, 1.82) is 0 Å². The molecule has 0 saturated heterocycles. The van der Waals surface area contributed by atoms with E-state index in [0.717, 1.165) is 0 Å². The molecule has 0 radical (unpaired) electrons. The minimum Gasteiger partial charge on any atom is -0.365 e. The van der Waals surface area contributed by atoms with Crippen molar-refractivity contribution in [3.63, 3.8) is 0 Å². The summed E-state index contributed by atoms with van der Waals surface area (Å²) in [5, 5.41) is 9.58. The highest BCUT2D eigenvalue weighted by molar-refractivity contribution is 6.29. The molecular formula is C5H9ClN4O2. The van der Waals surface area contributed by atoms with E-state index >= 15 is 0 Å². The van der Waals surface area contributed by atoms with Crippen LogP contribution in [0.2, 0.25) is 0 Å². The summed E-state index contributed by atoms with van der Waals surface area (Å²) >= 11 is 5.46. The first-order valence-electron chi connectivity index (χ1n) is 3.05. The van der Waals surface area contributed by atoms with Crippen LogP contribution in [0.3, 0.4) is 0 Å². The van der Waals surface area contributed by atoms with Crippen LogP contribution in [0, 0.1) is 10.1 Å². The number of hydrogen-bond acceptors (Lipinski definition) is 3. The second-order valence-corrected chi connectivity index (χ2v) is 2.48. The molecule has 0 aliphatic carbocycles. The summed E-state index contributed by atoms with van der Waals surface area (Å²) in [5.41, 5.74) is 6.78. The largest absolute Gasteiger partial charge is 0.365 e. The van der Waals surface area contributed by atoms with Gasteiger partial charge in [-0.25, -0.2) is 15.1 Å². The van der Waals surface area contributed by atoms with Gasteiger partial charge in [-0.2, -0.15) is 0 Å². The van der Waals surface area contributed by atoms with Gasteiger partial charge in [-0.3, -0.25) is 0 Å². The predicted octanol–water partition coefficient (Wildman–Crippen LogP) is 0.225. The second-order valence-electron chi connectivity index (χ2n) is 1.89. The Morgan fingerprint density at radius 2 is 2.50 bits per heavy atom. The van der Waals surface area contributed by atoms with Crippen LogP contribution >= 0.6 is 11.6 Å². The summed E-state index contributed by atoms with van der Waals surface area (Å²) in [6.45, 7) is 1.90. The first kappa shape index (κ1) is 10.7. The van der Waals surface area contributed by atoms with Gasteiger partial charge >= 0.3 is 0 Å². The highest BCUT2D eigenvalue weighted by atomic mass is 35.5. The molecule has 0 fully saturated rings. The Hall–Kier alpha value is -1.30. The van der Waals surface area contributed by atoms with Crippen molar-refractivity contribution in [2.75, 3.05) is 6.54 Å². The lowest BCUT2D eigenvalue weighted by atomic mass is 10.5. The van der Waals surface area contributed by atoms with E-state index in [1.165, 1.54) is 0 Å². The van der Waals surface area contributed by atoms with Crippen LogP contribution in [0.5, 0.6) is 0 Å². The van der Waals surface area contributed by atoms with Crippen LogP contribution in [-0.4, -0.2) is 17.5 Å². The molecule has 0 unspecified atom stereocenters. The van der Waals surface area contributed by atoms with Gasteiger partial charge in [0.15, 0.2) is 5.03 Å². The van der Waals surface area contributed by atoms with Crippen LogP contribution < -0.4 is 11.2 Å². The molecule has 0 aliphatic rings.